The highest BCUT2D eigenvalue weighted by Gasteiger charge is 2.51. The lowest BCUT2D eigenvalue weighted by atomic mass is 9.85. The molecule has 27 heavy (non-hydrogen) atoms. The van der Waals surface area contributed by atoms with Crippen molar-refractivity contribution < 1.29 is 18.7 Å². The third-order valence-corrected chi connectivity index (χ3v) is 6.09. The lowest BCUT2D eigenvalue weighted by Crippen LogP contribution is -2.48. The molecule has 136 valence electrons. The van der Waals surface area contributed by atoms with Gasteiger partial charge in [0.15, 0.2) is 5.72 Å². The van der Waals surface area contributed by atoms with Crippen molar-refractivity contribution >= 4 is 17.7 Å². The van der Waals surface area contributed by atoms with Gasteiger partial charge in [-0.2, -0.15) is 5.26 Å². The fourth-order valence-electron chi connectivity index (χ4n) is 3.56. The van der Waals surface area contributed by atoms with Crippen LogP contribution in [0.15, 0.2) is 59.1 Å². The van der Waals surface area contributed by atoms with Gasteiger partial charge in [0.25, 0.3) is 0 Å². The average molecular weight is 384 g/mol. The van der Waals surface area contributed by atoms with Crippen molar-refractivity contribution in [2.45, 2.75) is 18.1 Å². The van der Waals surface area contributed by atoms with E-state index in [2.05, 4.69) is 6.07 Å². The van der Waals surface area contributed by atoms with Gasteiger partial charge in [-0.3, -0.25) is 9.69 Å². The molecule has 0 saturated carbocycles. The van der Waals surface area contributed by atoms with Gasteiger partial charge >= 0.3 is 0 Å². The highest BCUT2D eigenvalue weighted by molar-refractivity contribution is 8.03. The van der Waals surface area contributed by atoms with E-state index in [1.165, 1.54) is 59.1 Å². The number of carbonyl (C=O) groups excluding carboxylic acids is 1. The number of fused-ring (bicyclic) bond motifs is 1. The van der Waals surface area contributed by atoms with Crippen molar-refractivity contribution in [1.29, 1.82) is 5.26 Å². The van der Waals surface area contributed by atoms with Gasteiger partial charge in [-0.1, -0.05) is 24.3 Å². The molecule has 2 aromatic rings. The molecule has 1 fully saturated rings. The van der Waals surface area contributed by atoms with Gasteiger partial charge in [0.2, 0.25) is 5.91 Å². The summed E-state index contributed by atoms with van der Waals surface area (Å²) < 4.78 is 26.9. The summed E-state index contributed by atoms with van der Waals surface area (Å²) in [5.41, 5.74) is -0.408. The lowest BCUT2D eigenvalue weighted by Gasteiger charge is -2.38. The monoisotopic (exact) mass is 384 g/mol. The Morgan fingerprint density at radius 2 is 1.93 bits per heavy atom. The summed E-state index contributed by atoms with van der Waals surface area (Å²) in [5, 5.41) is 21.3. The lowest BCUT2D eigenvalue weighted by molar-refractivity contribution is -0.149. The van der Waals surface area contributed by atoms with Crippen molar-refractivity contribution in [3.8, 4) is 6.07 Å². The van der Waals surface area contributed by atoms with Crippen LogP contribution in [0.2, 0.25) is 0 Å². The highest BCUT2D eigenvalue weighted by Crippen LogP contribution is 2.51. The Hall–Kier alpha value is -2.69. The summed E-state index contributed by atoms with van der Waals surface area (Å²) >= 11 is 1.20. The van der Waals surface area contributed by atoms with Crippen molar-refractivity contribution in [3.63, 3.8) is 0 Å². The second-order valence-corrected chi connectivity index (χ2v) is 7.45. The number of hydrogen-bond donors (Lipinski definition) is 1. The molecule has 4 nitrogen and oxygen atoms in total. The predicted octanol–water partition coefficient (Wildman–Crippen LogP) is 3.61. The number of thioether (sulfide) groups is 1. The van der Waals surface area contributed by atoms with Gasteiger partial charge in [-0.25, -0.2) is 8.78 Å². The number of allylic oxidation sites excluding steroid dienone is 1. The molecule has 2 aliphatic heterocycles. The number of hydrogen-bond acceptors (Lipinski definition) is 4. The van der Waals surface area contributed by atoms with Crippen LogP contribution in [0.5, 0.6) is 0 Å². The van der Waals surface area contributed by atoms with Crippen LogP contribution >= 0.6 is 11.8 Å². The normalized spacial score (nSPS) is 24.7. The number of amides is 1. The standard InChI is InChI=1S/C20H14F2N2O2S/c21-14-6-4-13(5-7-14)20(26)11-27-19-17(10-23)16(9-18(25)24(19)20)12-2-1-3-15(22)8-12/h1-8,16,26H,9,11H2/t16-,20-/m0/s1. The van der Waals surface area contributed by atoms with Gasteiger partial charge < -0.3 is 5.11 Å². The van der Waals surface area contributed by atoms with Gasteiger partial charge in [0, 0.05) is 17.9 Å². The Morgan fingerprint density at radius 3 is 2.59 bits per heavy atom. The number of carbonyl (C=O) groups is 1. The molecule has 0 bridgehead atoms. The second kappa shape index (κ2) is 6.48. The zero-order chi connectivity index (χ0) is 19.2. The zero-order valence-electron chi connectivity index (χ0n) is 14.0. The summed E-state index contributed by atoms with van der Waals surface area (Å²) in [6.45, 7) is 0. The van der Waals surface area contributed by atoms with Gasteiger partial charge in [-0.15, -0.1) is 11.8 Å². The zero-order valence-corrected chi connectivity index (χ0v) is 14.8. The van der Waals surface area contributed by atoms with E-state index >= 15 is 0 Å². The van der Waals surface area contributed by atoms with Crippen molar-refractivity contribution in [2.75, 3.05) is 5.75 Å². The number of benzene rings is 2. The molecule has 1 amide bonds. The minimum absolute atomic E-state index is 0.0556. The molecule has 1 saturated heterocycles. The first-order chi connectivity index (χ1) is 12.9. The topological polar surface area (TPSA) is 64.3 Å². The fourth-order valence-corrected chi connectivity index (χ4v) is 4.92. The Balaban J connectivity index is 1.81. The highest BCUT2D eigenvalue weighted by atomic mass is 32.2. The third kappa shape index (κ3) is 2.82. The number of halogens is 2. The van der Waals surface area contributed by atoms with E-state index in [1.807, 2.05) is 0 Å². The summed E-state index contributed by atoms with van der Waals surface area (Å²) in [5.74, 6) is -1.69. The molecular weight excluding hydrogens is 370 g/mol. The molecule has 0 aromatic heterocycles. The summed E-state index contributed by atoms with van der Waals surface area (Å²) in [6.07, 6.45) is -0.0556. The van der Waals surface area contributed by atoms with Crippen LogP contribution in [0.3, 0.4) is 0 Å². The summed E-state index contributed by atoms with van der Waals surface area (Å²) in [6, 6.07) is 13.3. The van der Waals surface area contributed by atoms with Crippen LogP contribution in [-0.2, 0) is 10.5 Å². The number of rotatable bonds is 2. The minimum atomic E-state index is -1.65. The molecule has 2 atom stereocenters. The average Bonchev–Trinajstić information content (AvgIpc) is 3.01. The molecule has 0 aliphatic carbocycles. The van der Waals surface area contributed by atoms with Crippen molar-refractivity contribution in [3.05, 3.63) is 81.9 Å². The van der Waals surface area contributed by atoms with Crippen molar-refractivity contribution in [1.82, 2.24) is 4.90 Å². The maximum Gasteiger partial charge on any atom is 0.231 e. The molecule has 2 heterocycles. The van der Waals surface area contributed by atoms with E-state index in [1.54, 1.807) is 6.07 Å². The molecule has 0 radical (unpaired) electrons. The molecule has 0 unspecified atom stereocenters. The Bertz CT molecular complexity index is 1000. The predicted molar refractivity (Wildman–Crippen MR) is 96.0 cm³/mol. The van der Waals surface area contributed by atoms with Gasteiger partial charge in [0.1, 0.15) is 11.6 Å². The van der Waals surface area contributed by atoms with Crippen LogP contribution < -0.4 is 0 Å². The molecule has 4 rings (SSSR count). The number of nitriles is 1. The van der Waals surface area contributed by atoms with E-state index in [0.29, 0.717) is 21.7 Å². The third-order valence-electron chi connectivity index (χ3n) is 4.87. The van der Waals surface area contributed by atoms with Crippen LogP contribution in [0.1, 0.15) is 23.5 Å². The Morgan fingerprint density at radius 1 is 1.19 bits per heavy atom. The van der Waals surface area contributed by atoms with Gasteiger partial charge in [0.05, 0.1) is 22.4 Å². The van der Waals surface area contributed by atoms with Crippen LogP contribution in [-0.4, -0.2) is 21.7 Å². The molecule has 2 aromatic carbocycles. The fraction of sp³-hybridized carbons (Fsp3) is 0.200. The Labute approximate surface area is 158 Å². The smallest absolute Gasteiger partial charge is 0.231 e. The number of nitrogens with zero attached hydrogens (tertiary/aromatic N) is 2. The van der Waals surface area contributed by atoms with Crippen LogP contribution in [0.25, 0.3) is 0 Å². The molecule has 1 N–H and O–H groups in total. The van der Waals surface area contributed by atoms with Crippen LogP contribution in [0, 0.1) is 23.0 Å². The summed E-state index contributed by atoms with van der Waals surface area (Å²) in [4.78, 5) is 14.1. The molecular formula is C20H14F2N2O2S. The van der Waals surface area contributed by atoms with Gasteiger partial charge in [-0.05, 0) is 29.8 Å². The summed E-state index contributed by atoms with van der Waals surface area (Å²) in [7, 11) is 0. The van der Waals surface area contributed by atoms with E-state index in [4.69, 9.17) is 0 Å². The maximum atomic E-state index is 13.6. The first kappa shape index (κ1) is 17.7. The largest absolute Gasteiger partial charge is 0.366 e. The molecule has 0 spiro atoms. The maximum absolute atomic E-state index is 13.6. The minimum Gasteiger partial charge on any atom is -0.366 e. The van der Waals surface area contributed by atoms with Crippen molar-refractivity contribution in [2.24, 2.45) is 0 Å². The molecule has 2 aliphatic rings. The first-order valence-electron chi connectivity index (χ1n) is 8.28. The van der Waals surface area contributed by atoms with E-state index in [-0.39, 0.29) is 18.1 Å². The second-order valence-electron chi connectivity index (χ2n) is 6.48. The Kier molecular flexibility index (Phi) is 4.25. The molecule has 7 heteroatoms. The van der Waals surface area contributed by atoms with E-state index < -0.39 is 23.3 Å². The number of aliphatic hydroxyl groups is 1. The van der Waals surface area contributed by atoms with E-state index in [0.717, 1.165) is 0 Å². The van der Waals surface area contributed by atoms with E-state index in [9.17, 15) is 23.9 Å². The van der Waals surface area contributed by atoms with Crippen LogP contribution in [0.4, 0.5) is 8.78 Å². The quantitative estimate of drug-likeness (QED) is 0.859. The first-order valence-corrected chi connectivity index (χ1v) is 9.26. The SMILES string of the molecule is N#CC1=C2SC[C@](O)(c3ccc(F)cc3)N2C(=O)C[C@H]1c1cccc(F)c1.